The summed E-state index contributed by atoms with van der Waals surface area (Å²) in [7, 11) is 1.81. The maximum Gasteiger partial charge on any atom is 0.198 e. The Morgan fingerprint density at radius 1 is 1.60 bits per heavy atom. The monoisotopic (exact) mass is 207 g/mol. The fraction of sp³-hybridized carbons (Fsp3) is 0.636. The summed E-state index contributed by atoms with van der Waals surface area (Å²) in [5, 5.41) is 0. The smallest absolute Gasteiger partial charge is 0.198 e. The van der Waals surface area contributed by atoms with Gasteiger partial charge in [-0.1, -0.05) is 25.7 Å². The van der Waals surface area contributed by atoms with E-state index in [-0.39, 0.29) is 5.78 Å². The lowest BCUT2D eigenvalue weighted by molar-refractivity contribution is 0.0949. The number of ketones is 1. The van der Waals surface area contributed by atoms with E-state index in [4.69, 9.17) is 5.73 Å². The lowest BCUT2D eigenvalue weighted by atomic mass is 10.0. The van der Waals surface area contributed by atoms with Gasteiger partial charge < -0.3 is 10.3 Å². The zero-order chi connectivity index (χ0) is 10.8. The first-order valence-corrected chi connectivity index (χ1v) is 5.49. The average Bonchev–Trinajstić information content (AvgIpc) is 2.75. The first-order chi connectivity index (χ1) is 7.16. The van der Waals surface area contributed by atoms with Crippen LogP contribution in [0.3, 0.4) is 0 Å². The van der Waals surface area contributed by atoms with Crippen LogP contribution < -0.4 is 5.73 Å². The van der Waals surface area contributed by atoms with Crippen LogP contribution in [0.5, 0.6) is 0 Å². The van der Waals surface area contributed by atoms with Gasteiger partial charge in [-0.05, 0) is 5.92 Å². The van der Waals surface area contributed by atoms with E-state index in [9.17, 15) is 4.79 Å². The summed E-state index contributed by atoms with van der Waals surface area (Å²) in [6.07, 6.45) is 7.21. The van der Waals surface area contributed by atoms with Gasteiger partial charge in [-0.3, -0.25) is 4.79 Å². The first kappa shape index (κ1) is 10.2. The fourth-order valence-corrected chi connectivity index (χ4v) is 2.32. The molecule has 0 amide bonds. The Balaban J connectivity index is 2.03. The Morgan fingerprint density at radius 3 is 2.80 bits per heavy atom. The van der Waals surface area contributed by atoms with Crippen LogP contribution in [0.2, 0.25) is 0 Å². The fourth-order valence-electron chi connectivity index (χ4n) is 2.32. The van der Waals surface area contributed by atoms with Gasteiger partial charge in [-0.15, -0.1) is 0 Å². The molecule has 0 unspecified atom stereocenters. The highest BCUT2D eigenvalue weighted by Crippen LogP contribution is 2.28. The summed E-state index contributed by atoms with van der Waals surface area (Å²) in [6.45, 7) is 0. The number of aryl methyl sites for hydroxylation is 1. The van der Waals surface area contributed by atoms with Crippen LogP contribution >= 0.6 is 0 Å². The van der Waals surface area contributed by atoms with E-state index >= 15 is 0 Å². The SMILES string of the molecule is Cn1cc(N)nc1C(=O)CC1CCCC1. The number of anilines is 1. The summed E-state index contributed by atoms with van der Waals surface area (Å²) in [6, 6.07) is 0. The maximum absolute atomic E-state index is 11.9. The van der Waals surface area contributed by atoms with E-state index in [1.54, 1.807) is 10.8 Å². The lowest BCUT2D eigenvalue weighted by Crippen LogP contribution is -2.11. The number of nitrogens with zero attached hydrogens (tertiary/aromatic N) is 2. The molecule has 0 radical (unpaired) electrons. The van der Waals surface area contributed by atoms with Gasteiger partial charge in [0.05, 0.1) is 0 Å². The van der Waals surface area contributed by atoms with Crippen molar-refractivity contribution in [1.29, 1.82) is 0 Å². The molecule has 82 valence electrons. The maximum atomic E-state index is 11.9. The van der Waals surface area contributed by atoms with Crippen LogP contribution in [-0.4, -0.2) is 15.3 Å². The molecule has 1 heterocycles. The Kier molecular flexibility index (Phi) is 2.75. The van der Waals surface area contributed by atoms with Crippen molar-refractivity contribution in [3.63, 3.8) is 0 Å². The summed E-state index contributed by atoms with van der Waals surface area (Å²) in [5.41, 5.74) is 5.54. The van der Waals surface area contributed by atoms with Crippen molar-refractivity contribution in [3.8, 4) is 0 Å². The van der Waals surface area contributed by atoms with E-state index in [2.05, 4.69) is 4.98 Å². The Bertz CT molecular complexity index is 364. The Labute approximate surface area is 89.5 Å². The van der Waals surface area contributed by atoms with Crippen LogP contribution in [-0.2, 0) is 7.05 Å². The predicted molar refractivity (Wildman–Crippen MR) is 58.5 cm³/mol. The number of rotatable bonds is 3. The van der Waals surface area contributed by atoms with E-state index in [0.717, 1.165) is 0 Å². The molecule has 1 fully saturated rings. The molecule has 0 aliphatic heterocycles. The number of Topliss-reactive ketones (excluding diaryl/α,β-unsaturated/α-hetero) is 1. The highest BCUT2D eigenvalue weighted by molar-refractivity contribution is 5.93. The van der Waals surface area contributed by atoms with Gasteiger partial charge in [0.2, 0.25) is 0 Å². The summed E-state index contributed by atoms with van der Waals surface area (Å²) < 4.78 is 1.71. The van der Waals surface area contributed by atoms with Crippen LogP contribution in [0.1, 0.15) is 42.7 Å². The molecule has 1 aromatic rings. The third-order valence-electron chi connectivity index (χ3n) is 3.09. The standard InChI is InChI=1S/C11H17N3O/c1-14-7-10(12)13-11(14)9(15)6-8-4-2-3-5-8/h7-8H,2-6,12H2,1H3. The van der Waals surface area contributed by atoms with Gasteiger partial charge >= 0.3 is 0 Å². The first-order valence-electron chi connectivity index (χ1n) is 5.49. The van der Waals surface area contributed by atoms with Crippen molar-refractivity contribution in [2.75, 3.05) is 5.73 Å². The van der Waals surface area contributed by atoms with Crippen molar-refractivity contribution in [3.05, 3.63) is 12.0 Å². The van der Waals surface area contributed by atoms with E-state index in [1.165, 1.54) is 25.7 Å². The lowest BCUT2D eigenvalue weighted by Gasteiger charge is -2.06. The Morgan fingerprint density at radius 2 is 2.27 bits per heavy atom. The molecule has 0 saturated heterocycles. The van der Waals surface area contributed by atoms with Gasteiger partial charge in [0.1, 0.15) is 5.82 Å². The zero-order valence-corrected chi connectivity index (χ0v) is 9.07. The number of imidazole rings is 1. The van der Waals surface area contributed by atoms with Crippen LogP contribution in [0.25, 0.3) is 0 Å². The van der Waals surface area contributed by atoms with Gasteiger partial charge in [-0.25, -0.2) is 4.98 Å². The highest BCUT2D eigenvalue weighted by atomic mass is 16.1. The molecular formula is C11H17N3O. The summed E-state index contributed by atoms with van der Waals surface area (Å²) in [5.74, 6) is 1.61. The minimum Gasteiger partial charge on any atom is -0.382 e. The van der Waals surface area contributed by atoms with Crippen molar-refractivity contribution >= 4 is 11.6 Å². The third kappa shape index (κ3) is 2.19. The van der Waals surface area contributed by atoms with Crippen molar-refractivity contribution in [1.82, 2.24) is 9.55 Å². The van der Waals surface area contributed by atoms with Crippen LogP contribution in [0.4, 0.5) is 5.82 Å². The van der Waals surface area contributed by atoms with Gasteiger partial charge in [0.15, 0.2) is 11.6 Å². The molecule has 0 spiro atoms. The topological polar surface area (TPSA) is 60.9 Å². The minimum atomic E-state index is 0.126. The van der Waals surface area contributed by atoms with Crippen molar-refractivity contribution < 1.29 is 4.79 Å². The molecule has 1 saturated carbocycles. The number of hydrogen-bond acceptors (Lipinski definition) is 3. The largest absolute Gasteiger partial charge is 0.382 e. The van der Waals surface area contributed by atoms with Crippen molar-refractivity contribution in [2.45, 2.75) is 32.1 Å². The van der Waals surface area contributed by atoms with Crippen molar-refractivity contribution in [2.24, 2.45) is 13.0 Å². The number of carbonyl (C=O) groups is 1. The average molecular weight is 207 g/mol. The second kappa shape index (κ2) is 4.04. The zero-order valence-electron chi connectivity index (χ0n) is 9.07. The molecule has 0 atom stereocenters. The van der Waals surface area contributed by atoms with E-state index < -0.39 is 0 Å². The molecule has 0 aromatic carbocycles. The second-order valence-corrected chi connectivity index (χ2v) is 4.38. The molecule has 0 bridgehead atoms. The third-order valence-corrected chi connectivity index (χ3v) is 3.09. The van der Waals surface area contributed by atoms with Crippen LogP contribution in [0.15, 0.2) is 6.20 Å². The summed E-state index contributed by atoms with van der Waals surface area (Å²) in [4.78, 5) is 15.9. The van der Waals surface area contributed by atoms with Gasteiger partial charge in [0, 0.05) is 19.7 Å². The van der Waals surface area contributed by atoms with Gasteiger partial charge in [0.25, 0.3) is 0 Å². The quantitative estimate of drug-likeness (QED) is 0.768. The number of nitrogens with two attached hydrogens (primary N) is 1. The molecule has 2 rings (SSSR count). The van der Waals surface area contributed by atoms with E-state index in [0.29, 0.717) is 24.0 Å². The normalized spacial score (nSPS) is 17.1. The molecule has 1 aliphatic carbocycles. The molecule has 1 aromatic heterocycles. The second-order valence-electron chi connectivity index (χ2n) is 4.38. The summed E-state index contributed by atoms with van der Waals surface area (Å²) >= 11 is 0. The van der Waals surface area contributed by atoms with Crippen LogP contribution in [0, 0.1) is 5.92 Å². The predicted octanol–water partition coefficient (Wildman–Crippen LogP) is 1.77. The number of nitrogen functional groups attached to an aromatic ring is 1. The number of hydrogen-bond donors (Lipinski definition) is 1. The molecule has 1 aliphatic rings. The molecule has 4 nitrogen and oxygen atoms in total. The van der Waals surface area contributed by atoms with Gasteiger partial charge in [-0.2, -0.15) is 0 Å². The molecule has 2 N–H and O–H groups in total. The number of aromatic nitrogens is 2. The Hall–Kier alpha value is -1.32. The minimum absolute atomic E-state index is 0.126. The highest BCUT2D eigenvalue weighted by Gasteiger charge is 2.21. The molecular weight excluding hydrogens is 190 g/mol. The number of carbonyl (C=O) groups excluding carboxylic acids is 1. The molecule has 4 heteroatoms. The molecule has 15 heavy (non-hydrogen) atoms. The van der Waals surface area contributed by atoms with E-state index in [1.807, 2.05) is 7.05 Å².